The smallest absolute Gasteiger partial charge is 0.220 e. The Bertz CT molecular complexity index is 279. The lowest BCUT2D eigenvalue weighted by Crippen LogP contribution is -2.38. The molecule has 4 heteroatoms. The van der Waals surface area contributed by atoms with E-state index in [9.17, 15) is 4.79 Å². The Labute approximate surface area is 115 Å². The zero-order valence-corrected chi connectivity index (χ0v) is 12.5. The standard InChI is InChI=1S/C14H26N2OS/c1-3-5-6-7-8-9-12(16-13(17)4-2)14-15-10-11-18-14/h12H,3-11H2,1-2H3,(H,16,17). The second kappa shape index (κ2) is 9.42. The van der Waals surface area contributed by atoms with E-state index >= 15 is 0 Å². The summed E-state index contributed by atoms with van der Waals surface area (Å²) < 4.78 is 0. The van der Waals surface area contributed by atoms with Gasteiger partial charge < -0.3 is 5.32 Å². The summed E-state index contributed by atoms with van der Waals surface area (Å²) in [6.07, 6.45) is 7.97. The van der Waals surface area contributed by atoms with Crippen LogP contribution in [0.4, 0.5) is 0 Å². The molecule has 0 spiro atoms. The van der Waals surface area contributed by atoms with E-state index in [-0.39, 0.29) is 11.9 Å². The van der Waals surface area contributed by atoms with Crippen molar-refractivity contribution in [2.45, 2.75) is 64.8 Å². The molecule has 1 atom stereocenters. The monoisotopic (exact) mass is 270 g/mol. The van der Waals surface area contributed by atoms with Gasteiger partial charge in [0.05, 0.1) is 11.1 Å². The Balaban J connectivity index is 2.32. The van der Waals surface area contributed by atoms with Gasteiger partial charge in [-0.25, -0.2) is 0 Å². The van der Waals surface area contributed by atoms with Crippen LogP contribution in [0.25, 0.3) is 0 Å². The number of rotatable bonds is 9. The van der Waals surface area contributed by atoms with Crippen LogP contribution in [0.3, 0.4) is 0 Å². The van der Waals surface area contributed by atoms with Crippen LogP contribution >= 0.6 is 11.8 Å². The molecule has 0 fully saturated rings. The largest absolute Gasteiger partial charge is 0.347 e. The average molecular weight is 270 g/mol. The van der Waals surface area contributed by atoms with Crippen molar-refractivity contribution < 1.29 is 4.79 Å². The van der Waals surface area contributed by atoms with Crippen LogP contribution in [0.1, 0.15) is 58.8 Å². The van der Waals surface area contributed by atoms with E-state index < -0.39 is 0 Å². The van der Waals surface area contributed by atoms with Crippen molar-refractivity contribution in [1.82, 2.24) is 5.32 Å². The maximum Gasteiger partial charge on any atom is 0.220 e. The number of thioether (sulfide) groups is 1. The molecule has 104 valence electrons. The highest BCUT2D eigenvalue weighted by Crippen LogP contribution is 2.19. The first-order chi connectivity index (χ1) is 8.77. The molecule has 1 rings (SSSR count). The third-order valence-electron chi connectivity index (χ3n) is 3.16. The molecular weight excluding hydrogens is 244 g/mol. The summed E-state index contributed by atoms with van der Waals surface area (Å²) in [6.45, 7) is 5.04. The number of carbonyl (C=O) groups is 1. The Morgan fingerprint density at radius 2 is 2.11 bits per heavy atom. The third-order valence-corrected chi connectivity index (χ3v) is 4.26. The molecule has 0 aliphatic carbocycles. The minimum Gasteiger partial charge on any atom is -0.347 e. The Morgan fingerprint density at radius 3 is 2.72 bits per heavy atom. The summed E-state index contributed by atoms with van der Waals surface area (Å²) >= 11 is 1.81. The van der Waals surface area contributed by atoms with Gasteiger partial charge in [-0.05, 0) is 6.42 Å². The van der Waals surface area contributed by atoms with Crippen molar-refractivity contribution >= 4 is 22.7 Å². The molecule has 1 heterocycles. The molecule has 0 saturated carbocycles. The van der Waals surface area contributed by atoms with Crippen LogP contribution in [0.15, 0.2) is 4.99 Å². The van der Waals surface area contributed by atoms with Gasteiger partial charge in [-0.2, -0.15) is 0 Å². The highest BCUT2D eigenvalue weighted by Gasteiger charge is 2.20. The van der Waals surface area contributed by atoms with Gasteiger partial charge in [0.1, 0.15) is 0 Å². The quantitative estimate of drug-likeness (QED) is 0.653. The van der Waals surface area contributed by atoms with Crippen LogP contribution in [-0.2, 0) is 4.79 Å². The molecule has 1 aliphatic heterocycles. The maximum absolute atomic E-state index is 11.5. The van der Waals surface area contributed by atoms with E-state index in [0.717, 1.165) is 23.8 Å². The van der Waals surface area contributed by atoms with E-state index in [2.05, 4.69) is 17.2 Å². The minimum atomic E-state index is 0.142. The van der Waals surface area contributed by atoms with E-state index in [1.807, 2.05) is 6.92 Å². The van der Waals surface area contributed by atoms with E-state index in [0.29, 0.717) is 6.42 Å². The first-order valence-corrected chi connectivity index (χ1v) is 8.23. The fraction of sp³-hybridized carbons (Fsp3) is 0.857. The van der Waals surface area contributed by atoms with E-state index in [1.54, 1.807) is 11.8 Å². The van der Waals surface area contributed by atoms with Gasteiger partial charge >= 0.3 is 0 Å². The van der Waals surface area contributed by atoms with Crippen LogP contribution < -0.4 is 5.32 Å². The van der Waals surface area contributed by atoms with E-state index in [4.69, 9.17) is 0 Å². The molecule has 0 saturated heterocycles. The summed E-state index contributed by atoms with van der Waals surface area (Å²) in [5.41, 5.74) is 0. The summed E-state index contributed by atoms with van der Waals surface area (Å²) in [6, 6.07) is 0.173. The minimum absolute atomic E-state index is 0.142. The lowest BCUT2D eigenvalue weighted by molar-refractivity contribution is -0.121. The topological polar surface area (TPSA) is 41.5 Å². The predicted octanol–water partition coefficient (Wildman–Crippen LogP) is 3.39. The molecule has 1 amide bonds. The number of hydrogen-bond acceptors (Lipinski definition) is 3. The van der Waals surface area contributed by atoms with Crippen LogP contribution in [0.2, 0.25) is 0 Å². The van der Waals surface area contributed by atoms with Crippen LogP contribution in [0.5, 0.6) is 0 Å². The lowest BCUT2D eigenvalue weighted by Gasteiger charge is -2.18. The average Bonchev–Trinajstić information content (AvgIpc) is 2.90. The molecule has 18 heavy (non-hydrogen) atoms. The van der Waals surface area contributed by atoms with Crippen LogP contribution in [-0.4, -0.2) is 29.3 Å². The molecule has 0 aromatic rings. The number of aliphatic imine (C=N–C) groups is 1. The normalized spacial score (nSPS) is 16.4. The van der Waals surface area contributed by atoms with Crippen molar-refractivity contribution in [1.29, 1.82) is 0 Å². The van der Waals surface area contributed by atoms with Gasteiger partial charge in [0.15, 0.2) is 0 Å². The van der Waals surface area contributed by atoms with Gasteiger partial charge in [0, 0.05) is 18.7 Å². The van der Waals surface area contributed by atoms with Crippen molar-refractivity contribution in [3.8, 4) is 0 Å². The van der Waals surface area contributed by atoms with Gasteiger partial charge in [0.2, 0.25) is 5.91 Å². The van der Waals surface area contributed by atoms with Crippen LogP contribution in [0, 0.1) is 0 Å². The molecule has 0 bridgehead atoms. The SMILES string of the molecule is CCCCCCCC(NC(=O)CC)C1=NCCS1. The number of amides is 1. The first kappa shape index (κ1) is 15.5. The summed E-state index contributed by atoms with van der Waals surface area (Å²) in [5.74, 6) is 1.22. The van der Waals surface area contributed by atoms with Crippen molar-refractivity contribution in [3.63, 3.8) is 0 Å². The second-order valence-electron chi connectivity index (χ2n) is 4.74. The number of unbranched alkanes of at least 4 members (excludes halogenated alkanes) is 4. The highest BCUT2D eigenvalue weighted by atomic mass is 32.2. The molecule has 1 unspecified atom stereocenters. The van der Waals surface area contributed by atoms with Crippen molar-refractivity contribution in [2.75, 3.05) is 12.3 Å². The number of nitrogens with one attached hydrogen (secondary N) is 1. The van der Waals surface area contributed by atoms with Gasteiger partial charge in [-0.3, -0.25) is 9.79 Å². The summed E-state index contributed by atoms with van der Waals surface area (Å²) in [7, 11) is 0. The maximum atomic E-state index is 11.5. The molecule has 3 nitrogen and oxygen atoms in total. The Hall–Kier alpha value is -0.510. The Morgan fingerprint density at radius 1 is 1.33 bits per heavy atom. The summed E-state index contributed by atoms with van der Waals surface area (Å²) in [4.78, 5) is 16.0. The van der Waals surface area contributed by atoms with Crippen molar-refractivity contribution in [2.24, 2.45) is 4.99 Å². The third kappa shape index (κ3) is 5.89. The zero-order valence-electron chi connectivity index (χ0n) is 11.7. The molecule has 0 radical (unpaired) electrons. The molecule has 0 aromatic carbocycles. The highest BCUT2D eigenvalue weighted by molar-refractivity contribution is 8.14. The lowest BCUT2D eigenvalue weighted by atomic mass is 10.1. The summed E-state index contributed by atoms with van der Waals surface area (Å²) in [5, 5.41) is 4.25. The number of nitrogens with zero attached hydrogens (tertiary/aromatic N) is 1. The number of carbonyl (C=O) groups excluding carboxylic acids is 1. The first-order valence-electron chi connectivity index (χ1n) is 7.24. The zero-order chi connectivity index (χ0) is 13.2. The predicted molar refractivity (Wildman–Crippen MR) is 80.4 cm³/mol. The molecular formula is C14H26N2OS. The van der Waals surface area contributed by atoms with Crippen molar-refractivity contribution in [3.05, 3.63) is 0 Å². The van der Waals surface area contributed by atoms with Gasteiger partial charge in [0.25, 0.3) is 0 Å². The Kier molecular flexibility index (Phi) is 8.14. The van der Waals surface area contributed by atoms with Gasteiger partial charge in [-0.15, -0.1) is 11.8 Å². The van der Waals surface area contributed by atoms with E-state index in [1.165, 1.54) is 32.1 Å². The van der Waals surface area contributed by atoms with Gasteiger partial charge in [-0.1, -0.05) is 46.0 Å². The molecule has 1 aliphatic rings. The number of hydrogen-bond donors (Lipinski definition) is 1. The fourth-order valence-corrected chi connectivity index (χ4v) is 3.02. The second-order valence-corrected chi connectivity index (χ2v) is 5.86. The molecule has 0 aromatic heterocycles. The fourth-order valence-electron chi connectivity index (χ4n) is 2.07. The molecule has 1 N–H and O–H groups in total.